The highest BCUT2D eigenvalue weighted by Crippen LogP contribution is 2.29. The summed E-state index contributed by atoms with van der Waals surface area (Å²) >= 11 is 5.89. The van der Waals surface area contributed by atoms with E-state index in [-0.39, 0.29) is 5.57 Å². The summed E-state index contributed by atoms with van der Waals surface area (Å²) in [5.74, 6) is 1.32. The monoisotopic (exact) mass is 476 g/mol. The van der Waals surface area contributed by atoms with Crippen LogP contribution < -0.4 is 19.5 Å². The zero-order valence-electron chi connectivity index (χ0n) is 19.0. The number of hydrogen-bond acceptors (Lipinski definition) is 5. The van der Waals surface area contributed by atoms with Crippen LogP contribution in [0.3, 0.4) is 0 Å². The second-order valence-electron chi connectivity index (χ2n) is 7.14. The minimum atomic E-state index is -0.510. The molecule has 174 valence electrons. The maximum atomic E-state index is 12.7. The van der Waals surface area contributed by atoms with Crippen LogP contribution in [-0.2, 0) is 11.4 Å². The molecule has 0 aromatic heterocycles. The third kappa shape index (κ3) is 7.03. The number of carbonyl (C=O) groups is 1. The number of nitrogens with zero attached hydrogens (tertiary/aromatic N) is 1. The first-order chi connectivity index (χ1) is 16.5. The standard InChI is InChI=1S/C27H25ClN2O4/c1-3-32-25-14-7-20(16-26(25)33-4-2)15-21(17-29)27(31)30-23-10-12-24(13-11-23)34-18-19-5-8-22(28)9-6-19/h5-16H,3-4,18H2,1-2H3,(H,30,31)/b21-15+. The van der Waals surface area contributed by atoms with E-state index in [0.717, 1.165) is 5.56 Å². The molecule has 0 bridgehead atoms. The molecule has 0 aliphatic carbocycles. The molecular formula is C27H25ClN2O4. The van der Waals surface area contributed by atoms with Gasteiger partial charge in [0.15, 0.2) is 11.5 Å². The second kappa shape index (κ2) is 12.3. The summed E-state index contributed by atoms with van der Waals surface area (Å²) in [5.41, 5.74) is 2.17. The molecule has 6 nitrogen and oxygen atoms in total. The predicted molar refractivity (Wildman–Crippen MR) is 133 cm³/mol. The number of rotatable bonds is 10. The van der Waals surface area contributed by atoms with Crippen LogP contribution in [0.15, 0.2) is 72.3 Å². The molecular weight excluding hydrogens is 452 g/mol. The van der Waals surface area contributed by atoms with Crippen molar-refractivity contribution in [2.45, 2.75) is 20.5 Å². The van der Waals surface area contributed by atoms with Crippen LogP contribution in [0.4, 0.5) is 5.69 Å². The fourth-order valence-electron chi connectivity index (χ4n) is 3.05. The zero-order chi connectivity index (χ0) is 24.3. The van der Waals surface area contributed by atoms with Crippen LogP contribution in [0.2, 0.25) is 5.02 Å². The lowest BCUT2D eigenvalue weighted by Crippen LogP contribution is -2.13. The van der Waals surface area contributed by atoms with Crippen molar-refractivity contribution in [3.63, 3.8) is 0 Å². The van der Waals surface area contributed by atoms with Crippen LogP contribution in [0, 0.1) is 11.3 Å². The van der Waals surface area contributed by atoms with Crippen molar-refractivity contribution in [1.82, 2.24) is 0 Å². The van der Waals surface area contributed by atoms with Crippen molar-refractivity contribution in [3.05, 3.63) is 88.5 Å². The zero-order valence-corrected chi connectivity index (χ0v) is 19.8. The highest BCUT2D eigenvalue weighted by Gasteiger charge is 2.12. The van der Waals surface area contributed by atoms with Gasteiger partial charge in [0.1, 0.15) is 24.0 Å². The van der Waals surface area contributed by atoms with E-state index >= 15 is 0 Å². The summed E-state index contributed by atoms with van der Waals surface area (Å²) in [6, 6.07) is 21.6. The number of halogens is 1. The van der Waals surface area contributed by atoms with Gasteiger partial charge in [-0.2, -0.15) is 5.26 Å². The molecule has 3 rings (SSSR count). The van der Waals surface area contributed by atoms with Crippen molar-refractivity contribution in [2.24, 2.45) is 0 Å². The lowest BCUT2D eigenvalue weighted by atomic mass is 10.1. The minimum Gasteiger partial charge on any atom is -0.490 e. The lowest BCUT2D eigenvalue weighted by Gasteiger charge is -2.11. The highest BCUT2D eigenvalue weighted by atomic mass is 35.5. The average molecular weight is 477 g/mol. The number of carbonyl (C=O) groups excluding carboxylic acids is 1. The predicted octanol–water partition coefficient (Wildman–Crippen LogP) is 6.26. The Bertz CT molecular complexity index is 1180. The number of ether oxygens (including phenoxy) is 3. The summed E-state index contributed by atoms with van der Waals surface area (Å²) < 4.78 is 16.9. The van der Waals surface area contributed by atoms with Gasteiger partial charge >= 0.3 is 0 Å². The number of nitriles is 1. The van der Waals surface area contributed by atoms with Crippen LogP contribution in [-0.4, -0.2) is 19.1 Å². The molecule has 0 atom stereocenters. The van der Waals surface area contributed by atoms with Gasteiger partial charge in [0.25, 0.3) is 5.91 Å². The minimum absolute atomic E-state index is 0.0327. The smallest absolute Gasteiger partial charge is 0.266 e. The molecule has 0 radical (unpaired) electrons. The van der Waals surface area contributed by atoms with E-state index in [9.17, 15) is 10.1 Å². The Balaban J connectivity index is 1.65. The van der Waals surface area contributed by atoms with Gasteiger partial charge in [-0.25, -0.2) is 0 Å². The SMILES string of the molecule is CCOc1ccc(/C=C(\C#N)C(=O)Nc2ccc(OCc3ccc(Cl)cc3)cc2)cc1OCC. The molecule has 0 unspecified atom stereocenters. The fraction of sp³-hybridized carbons (Fsp3) is 0.185. The number of nitrogens with one attached hydrogen (secondary N) is 1. The number of amides is 1. The summed E-state index contributed by atoms with van der Waals surface area (Å²) in [6.45, 7) is 5.14. The van der Waals surface area contributed by atoms with E-state index in [0.29, 0.717) is 53.3 Å². The van der Waals surface area contributed by atoms with Crippen LogP contribution in [0.5, 0.6) is 17.2 Å². The molecule has 3 aromatic rings. The number of hydrogen-bond donors (Lipinski definition) is 1. The molecule has 1 amide bonds. The number of anilines is 1. The Morgan fingerprint density at radius 3 is 2.26 bits per heavy atom. The van der Waals surface area contributed by atoms with E-state index in [1.807, 2.05) is 44.2 Å². The molecule has 0 saturated heterocycles. The van der Waals surface area contributed by atoms with Crippen LogP contribution in [0.25, 0.3) is 6.08 Å². The van der Waals surface area contributed by atoms with Crippen molar-refractivity contribution in [3.8, 4) is 23.3 Å². The summed E-state index contributed by atoms with van der Waals surface area (Å²) in [7, 11) is 0. The lowest BCUT2D eigenvalue weighted by molar-refractivity contribution is -0.112. The maximum absolute atomic E-state index is 12.7. The van der Waals surface area contributed by atoms with Gasteiger partial charge in [-0.15, -0.1) is 0 Å². The van der Waals surface area contributed by atoms with Gasteiger partial charge in [0.05, 0.1) is 13.2 Å². The Labute approximate surface area is 204 Å². The van der Waals surface area contributed by atoms with E-state index in [4.69, 9.17) is 25.8 Å². The van der Waals surface area contributed by atoms with Crippen molar-refractivity contribution in [2.75, 3.05) is 18.5 Å². The van der Waals surface area contributed by atoms with Crippen molar-refractivity contribution >= 4 is 29.3 Å². The Hall–Kier alpha value is -3.95. The summed E-state index contributed by atoms with van der Waals surface area (Å²) in [4.78, 5) is 12.7. The van der Waals surface area contributed by atoms with Gasteiger partial charge in [-0.05, 0) is 79.6 Å². The number of benzene rings is 3. The molecule has 0 heterocycles. The van der Waals surface area contributed by atoms with E-state index < -0.39 is 5.91 Å². The molecule has 0 spiro atoms. The first kappa shape index (κ1) is 24.7. The Morgan fingerprint density at radius 1 is 0.941 bits per heavy atom. The normalized spacial score (nSPS) is 10.8. The highest BCUT2D eigenvalue weighted by molar-refractivity contribution is 6.30. The summed E-state index contributed by atoms with van der Waals surface area (Å²) in [6.07, 6.45) is 1.51. The van der Waals surface area contributed by atoms with Gasteiger partial charge < -0.3 is 19.5 Å². The quantitative estimate of drug-likeness (QED) is 0.276. The first-order valence-corrected chi connectivity index (χ1v) is 11.2. The van der Waals surface area contributed by atoms with Crippen LogP contribution in [0.1, 0.15) is 25.0 Å². The maximum Gasteiger partial charge on any atom is 0.266 e. The van der Waals surface area contributed by atoms with Crippen molar-refractivity contribution < 1.29 is 19.0 Å². The van der Waals surface area contributed by atoms with Gasteiger partial charge in [-0.3, -0.25) is 4.79 Å². The first-order valence-electron chi connectivity index (χ1n) is 10.8. The van der Waals surface area contributed by atoms with Gasteiger partial charge in [0, 0.05) is 10.7 Å². The molecule has 3 aromatic carbocycles. The average Bonchev–Trinajstić information content (AvgIpc) is 2.84. The Kier molecular flexibility index (Phi) is 8.96. The largest absolute Gasteiger partial charge is 0.490 e. The molecule has 0 aliphatic heterocycles. The molecule has 34 heavy (non-hydrogen) atoms. The van der Waals surface area contributed by atoms with Crippen LogP contribution >= 0.6 is 11.6 Å². The molecule has 1 N–H and O–H groups in total. The third-order valence-electron chi connectivity index (χ3n) is 4.67. The third-order valence-corrected chi connectivity index (χ3v) is 4.93. The van der Waals surface area contributed by atoms with E-state index in [1.54, 1.807) is 42.5 Å². The van der Waals surface area contributed by atoms with E-state index in [2.05, 4.69) is 5.32 Å². The molecule has 0 fully saturated rings. The molecule has 7 heteroatoms. The molecule has 0 aliphatic rings. The van der Waals surface area contributed by atoms with Crippen molar-refractivity contribution in [1.29, 1.82) is 5.26 Å². The summed E-state index contributed by atoms with van der Waals surface area (Å²) in [5, 5.41) is 12.9. The second-order valence-corrected chi connectivity index (χ2v) is 7.57. The van der Waals surface area contributed by atoms with Gasteiger partial charge in [-0.1, -0.05) is 29.8 Å². The topological polar surface area (TPSA) is 80.6 Å². The van der Waals surface area contributed by atoms with E-state index in [1.165, 1.54) is 6.08 Å². The molecule has 0 saturated carbocycles. The van der Waals surface area contributed by atoms with Gasteiger partial charge in [0.2, 0.25) is 0 Å². The fourth-order valence-corrected chi connectivity index (χ4v) is 3.18. The Morgan fingerprint density at radius 2 is 1.62 bits per heavy atom.